The number of sulfone groups is 1. The molecule has 0 saturated heterocycles. The number of ether oxygens (including phenoxy) is 1. The third-order valence-electron chi connectivity index (χ3n) is 2.62. The van der Waals surface area contributed by atoms with E-state index in [1.165, 1.54) is 6.20 Å². The number of methoxy groups -OCH3 is 1. The predicted octanol–water partition coefficient (Wildman–Crippen LogP) is 0.536. The molecule has 0 aromatic carbocycles. The van der Waals surface area contributed by atoms with Crippen LogP contribution >= 0.6 is 0 Å². The Kier molecular flexibility index (Phi) is 3.94. The van der Waals surface area contributed by atoms with Gasteiger partial charge in [0.05, 0.1) is 7.11 Å². The Labute approximate surface area is 120 Å². The van der Waals surface area contributed by atoms with Gasteiger partial charge in [-0.25, -0.2) is 18.2 Å². The molecule has 8 nitrogen and oxygen atoms in total. The molecule has 2 rings (SSSR count). The van der Waals surface area contributed by atoms with Crippen LogP contribution in [0.4, 0.5) is 5.82 Å². The van der Waals surface area contributed by atoms with Gasteiger partial charge in [0.15, 0.2) is 21.3 Å². The molecule has 0 amide bonds. The van der Waals surface area contributed by atoms with Gasteiger partial charge in [-0.2, -0.15) is 0 Å². The molecule has 0 bridgehead atoms. The highest BCUT2D eigenvalue weighted by molar-refractivity contribution is 7.90. The molecule has 0 atom stereocenters. The van der Waals surface area contributed by atoms with E-state index in [1.807, 2.05) is 0 Å². The minimum atomic E-state index is -3.29. The number of nitrogens with one attached hydrogen (secondary N) is 1. The first-order chi connectivity index (χ1) is 9.83. The van der Waals surface area contributed by atoms with Crippen LogP contribution in [0.3, 0.4) is 0 Å². The lowest BCUT2D eigenvalue weighted by Gasteiger charge is -2.11. The lowest BCUT2D eigenvalue weighted by atomic mass is 10.2. The molecule has 0 saturated carbocycles. The zero-order valence-corrected chi connectivity index (χ0v) is 12.1. The van der Waals surface area contributed by atoms with Gasteiger partial charge in [-0.05, 0) is 12.1 Å². The zero-order chi connectivity index (χ0) is 15.6. The third-order valence-corrected chi connectivity index (χ3v) is 3.28. The Morgan fingerprint density at radius 1 is 1.48 bits per heavy atom. The summed E-state index contributed by atoms with van der Waals surface area (Å²) in [5.41, 5.74) is -0.205. The summed E-state index contributed by atoms with van der Waals surface area (Å²) >= 11 is 0. The van der Waals surface area contributed by atoms with Gasteiger partial charge in [-0.1, -0.05) is 0 Å². The predicted molar refractivity (Wildman–Crippen MR) is 75.9 cm³/mol. The molecule has 9 heteroatoms. The SMILES string of the molecule is COC(=O)c1nc(NCS(C)(=O)=O)c2cccnc2c1O. The molecule has 0 unspecified atom stereocenters. The molecule has 0 radical (unpaired) electrons. The number of aromatic nitrogens is 2. The number of hydrogen-bond donors (Lipinski definition) is 2. The standard InChI is InChI=1S/C12H13N3O5S/c1-20-12(17)9-10(16)8-7(4-3-5-13-8)11(15-9)14-6-21(2,18)19/h3-5,16H,6H2,1-2H3,(H,14,15). The first kappa shape index (κ1) is 15.0. The van der Waals surface area contributed by atoms with Crippen molar-refractivity contribution < 1.29 is 23.1 Å². The number of nitrogens with zero attached hydrogens (tertiary/aromatic N) is 2. The van der Waals surface area contributed by atoms with Crippen LogP contribution in [0.15, 0.2) is 18.3 Å². The van der Waals surface area contributed by atoms with E-state index >= 15 is 0 Å². The highest BCUT2D eigenvalue weighted by Gasteiger charge is 2.20. The third kappa shape index (κ3) is 3.19. The Balaban J connectivity index is 2.62. The Morgan fingerprint density at radius 2 is 2.19 bits per heavy atom. The maximum atomic E-state index is 11.6. The maximum absolute atomic E-state index is 11.6. The van der Waals surface area contributed by atoms with Crippen molar-refractivity contribution in [3.05, 3.63) is 24.0 Å². The molecule has 0 aliphatic rings. The molecule has 0 aliphatic heterocycles. The van der Waals surface area contributed by atoms with Gasteiger partial charge in [0.2, 0.25) is 0 Å². The van der Waals surface area contributed by atoms with E-state index in [1.54, 1.807) is 12.1 Å². The van der Waals surface area contributed by atoms with Gasteiger partial charge in [-0.15, -0.1) is 0 Å². The number of rotatable bonds is 4. The largest absolute Gasteiger partial charge is 0.504 e. The quantitative estimate of drug-likeness (QED) is 0.785. The second kappa shape index (κ2) is 5.52. The van der Waals surface area contributed by atoms with Crippen molar-refractivity contribution in [2.24, 2.45) is 0 Å². The van der Waals surface area contributed by atoms with E-state index in [0.29, 0.717) is 5.39 Å². The summed E-state index contributed by atoms with van der Waals surface area (Å²) in [6.45, 7) is 0. The molecule has 2 aromatic rings. The van der Waals surface area contributed by atoms with Gasteiger partial charge in [0, 0.05) is 17.8 Å². The minimum Gasteiger partial charge on any atom is -0.504 e. The van der Waals surface area contributed by atoms with E-state index in [4.69, 9.17) is 0 Å². The summed E-state index contributed by atoms with van der Waals surface area (Å²) in [4.78, 5) is 19.5. The van der Waals surface area contributed by atoms with Crippen molar-refractivity contribution in [3.8, 4) is 5.75 Å². The zero-order valence-electron chi connectivity index (χ0n) is 11.3. The number of aromatic hydroxyl groups is 1. The van der Waals surface area contributed by atoms with Gasteiger partial charge < -0.3 is 15.2 Å². The summed E-state index contributed by atoms with van der Waals surface area (Å²) in [5.74, 6) is -1.50. The molecule has 0 spiro atoms. The Bertz CT molecular complexity index is 804. The number of carbonyl (C=O) groups is 1. The number of pyridine rings is 2. The molecular weight excluding hydrogens is 298 g/mol. The minimum absolute atomic E-state index is 0.127. The highest BCUT2D eigenvalue weighted by atomic mass is 32.2. The first-order valence-corrected chi connectivity index (χ1v) is 7.87. The van der Waals surface area contributed by atoms with Crippen LogP contribution in [0.5, 0.6) is 5.75 Å². The van der Waals surface area contributed by atoms with Crippen LogP contribution in [0, 0.1) is 0 Å². The maximum Gasteiger partial charge on any atom is 0.360 e. The number of anilines is 1. The molecule has 0 aliphatic carbocycles. The number of esters is 1. The van der Waals surface area contributed by atoms with Gasteiger partial charge in [0.25, 0.3) is 0 Å². The Hall–Kier alpha value is -2.42. The fourth-order valence-corrected chi connectivity index (χ4v) is 2.09. The summed E-state index contributed by atoms with van der Waals surface area (Å²) in [6, 6.07) is 3.20. The van der Waals surface area contributed by atoms with Gasteiger partial charge in [-0.3, -0.25) is 4.98 Å². The van der Waals surface area contributed by atoms with Gasteiger partial charge >= 0.3 is 5.97 Å². The molecule has 112 valence electrons. The van der Waals surface area contributed by atoms with E-state index in [0.717, 1.165) is 13.4 Å². The van der Waals surface area contributed by atoms with Crippen molar-refractivity contribution in [1.82, 2.24) is 9.97 Å². The van der Waals surface area contributed by atoms with Crippen LogP contribution in [0.2, 0.25) is 0 Å². The average molecular weight is 311 g/mol. The monoisotopic (exact) mass is 311 g/mol. The number of fused-ring (bicyclic) bond motifs is 1. The van der Waals surface area contributed by atoms with Crippen LogP contribution in [-0.2, 0) is 14.6 Å². The molecule has 2 N–H and O–H groups in total. The summed E-state index contributed by atoms with van der Waals surface area (Å²) in [7, 11) is -2.14. The highest BCUT2D eigenvalue weighted by Crippen LogP contribution is 2.30. The van der Waals surface area contributed by atoms with E-state index in [9.17, 15) is 18.3 Å². The van der Waals surface area contributed by atoms with Crippen LogP contribution < -0.4 is 5.32 Å². The number of hydrogen-bond acceptors (Lipinski definition) is 8. The molecule has 2 aromatic heterocycles. The van der Waals surface area contributed by atoms with Crippen molar-refractivity contribution in [2.75, 3.05) is 24.6 Å². The number of carbonyl (C=O) groups excluding carboxylic acids is 1. The summed E-state index contributed by atoms with van der Waals surface area (Å²) in [5, 5.41) is 13.0. The lowest BCUT2D eigenvalue weighted by molar-refractivity contribution is 0.0591. The van der Waals surface area contributed by atoms with E-state index in [2.05, 4.69) is 20.0 Å². The second-order valence-corrected chi connectivity index (χ2v) is 6.44. The van der Waals surface area contributed by atoms with Crippen LogP contribution in [0.25, 0.3) is 10.9 Å². The normalized spacial score (nSPS) is 11.3. The molecule has 0 fully saturated rings. The van der Waals surface area contributed by atoms with E-state index < -0.39 is 21.6 Å². The lowest BCUT2D eigenvalue weighted by Crippen LogP contribution is -2.15. The van der Waals surface area contributed by atoms with Crippen LogP contribution in [-0.4, -0.2) is 48.7 Å². The molecule has 21 heavy (non-hydrogen) atoms. The average Bonchev–Trinajstić information content (AvgIpc) is 2.45. The van der Waals surface area contributed by atoms with Crippen molar-refractivity contribution in [1.29, 1.82) is 0 Å². The topological polar surface area (TPSA) is 118 Å². The smallest absolute Gasteiger partial charge is 0.360 e. The van der Waals surface area contributed by atoms with Crippen LogP contribution in [0.1, 0.15) is 10.5 Å². The fourth-order valence-electron chi connectivity index (χ4n) is 1.70. The second-order valence-electron chi connectivity index (χ2n) is 4.30. The van der Waals surface area contributed by atoms with E-state index in [-0.39, 0.29) is 22.9 Å². The molecular formula is C12H13N3O5S. The van der Waals surface area contributed by atoms with Gasteiger partial charge in [0.1, 0.15) is 17.2 Å². The summed E-state index contributed by atoms with van der Waals surface area (Å²) < 4.78 is 27.0. The van der Waals surface area contributed by atoms with Crippen molar-refractivity contribution in [3.63, 3.8) is 0 Å². The summed E-state index contributed by atoms with van der Waals surface area (Å²) in [6.07, 6.45) is 2.49. The molecule has 2 heterocycles. The Morgan fingerprint density at radius 3 is 2.81 bits per heavy atom. The van der Waals surface area contributed by atoms with Crippen molar-refractivity contribution in [2.45, 2.75) is 0 Å². The van der Waals surface area contributed by atoms with Crippen molar-refractivity contribution >= 4 is 32.5 Å². The first-order valence-electron chi connectivity index (χ1n) is 5.81. The fraction of sp³-hybridized carbons (Fsp3) is 0.250.